The minimum Gasteiger partial charge on any atom is -0.370 e. The molecule has 2 heterocycles. The number of primary amides is 1. The third kappa shape index (κ3) is 13.2. The second kappa shape index (κ2) is 20.5. The zero-order valence-electron chi connectivity index (χ0n) is 31.5. The highest BCUT2D eigenvalue weighted by Gasteiger charge is 2.42. The largest absolute Gasteiger partial charge is 0.370 e. The van der Waals surface area contributed by atoms with Crippen LogP contribution in [0.5, 0.6) is 0 Å². The van der Waals surface area contributed by atoms with E-state index < -0.39 is 83.6 Å². The standard InChI is InChI=1S/C34H61N11O7/c1-18(2)16-23(27(36)46)42-29(48)22(10-7-13-39-34(37)38)41-30(49)26-12-9-15-45(26)33(52)24(17-19(3)4)43-31(50)25-11-8-14-44(25)32(51)21(6)40-28(47)20(5)35/h18-26H,7-17,35H2,1-6H3,(H2,36,46)(H,40,47)(H,41,49)(H,42,48)(H,43,50)(H4,37,38,39)/t20-,21-,22-,23-,24-,25-,26-/m0/s1. The van der Waals surface area contributed by atoms with Gasteiger partial charge in [-0.2, -0.15) is 0 Å². The van der Waals surface area contributed by atoms with Crippen molar-refractivity contribution in [3.8, 4) is 0 Å². The molecule has 2 aliphatic heterocycles. The van der Waals surface area contributed by atoms with Gasteiger partial charge in [-0.25, -0.2) is 0 Å². The average molecular weight is 736 g/mol. The number of guanidine groups is 1. The van der Waals surface area contributed by atoms with Crippen molar-refractivity contribution >= 4 is 47.3 Å². The van der Waals surface area contributed by atoms with Gasteiger partial charge in [0.05, 0.1) is 6.04 Å². The zero-order chi connectivity index (χ0) is 39.3. The third-order valence-corrected chi connectivity index (χ3v) is 9.09. The Morgan fingerprint density at radius 1 is 0.673 bits per heavy atom. The number of carbonyl (C=O) groups is 7. The Hall–Kier alpha value is -4.48. The van der Waals surface area contributed by atoms with Crippen LogP contribution in [0.2, 0.25) is 0 Å². The highest BCUT2D eigenvalue weighted by atomic mass is 16.2. The van der Waals surface area contributed by atoms with Crippen LogP contribution in [0.3, 0.4) is 0 Å². The van der Waals surface area contributed by atoms with E-state index in [1.807, 2.05) is 27.7 Å². The van der Waals surface area contributed by atoms with Gasteiger partial charge in [0.25, 0.3) is 0 Å². The molecule has 0 saturated carbocycles. The molecule has 7 atom stereocenters. The van der Waals surface area contributed by atoms with Gasteiger partial charge in [-0.1, -0.05) is 27.7 Å². The SMILES string of the molecule is CC(C)C[C@H](NC(=O)[C@H](CCCN=C(N)N)NC(=O)[C@@H]1CCCN1C(=O)[C@H](CC(C)C)NC(=O)[C@@H]1CCCN1C(=O)[C@H](C)NC(=O)[C@H](C)N)C(N)=O. The molecule has 0 aliphatic carbocycles. The first-order valence-corrected chi connectivity index (χ1v) is 18.3. The van der Waals surface area contributed by atoms with Crippen LogP contribution >= 0.6 is 0 Å². The lowest BCUT2D eigenvalue weighted by molar-refractivity contribution is -0.144. The summed E-state index contributed by atoms with van der Waals surface area (Å²) in [5, 5.41) is 10.8. The summed E-state index contributed by atoms with van der Waals surface area (Å²) in [6, 6.07) is -6.50. The molecule has 18 nitrogen and oxygen atoms in total. The first-order valence-electron chi connectivity index (χ1n) is 18.3. The molecule has 0 aromatic rings. The predicted molar refractivity (Wildman–Crippen MR) is 195 cm³/mol. The molecule has 18 heteroatoms. The van der Waals surface area contributed by atoms with E-state index in [-0.39, 0.29) is 43.7 Å². The number of likely N-dealkylation sites (tertiary alicyclic amines) is 2. The highest BCUT2D eigenvalue weighted by molar-refractivity contribution is 5.97. The second-order valence-electron chi connectivity index (χ2n) is 14.7. The van der Waals surface area contributed by atoms with Gasteiger partial charge in [0.1, 0.15) is 36.3 Å². The molecule has 2 aliphatic rings. The number of nitrogens with one attached hydrogen (secondary N) is 4. The number of nitrogens with two attached hydrogens (primary N) is 4. The Bertz CT molecular complexity index is 1320. The fourth-order valence-corrected chi connectivity index (χ4v) is 6.45. The first-order chi connectivity index (χ1) is 24.3. The Labute approximate surface area is 306 Å². The van der Waals surface area contributed by atoms with Crippen LogP contribution in [0.4, 0.5) is 0 Å². The number of carbonyl (C=O) groups excluding carboxylic acids is 7. The van der Waals surface area contributed by atoms with Crippen molar-refractivity contribution in [2.75, 3.05) is 19.6 Å². The molecule has 0 spiro atoms. The normalized spacial score (nSPS) is 20.0. The summed E-state index contributed by atoms with van der Waals surface area (Å²) in [6.07, 6.45) is 2.83. The zero-order valence-corrected chi connectivity index (χ0v) is 31.5. The van der Waals surface area contributed by atoms with E-state index in [1.54, 1.807) is 0 Å². The average Bonchev–Trinajstić information content (AvgIpc) is 3.75. The minimum atomic E-state index is -1.08. The van der Waals surface area contributed by atoms with Crippen molar-refractivity contribution < 1.29 is 33.6 Å². The molecule has 0 aromatic carbocycles. The van der Waals surface area contributed by atoms with Crippen LogP contribution < -0.4 is 44.2 Å². The number of aliphatic imine (C=N–C) groups is 1. The summed E-state index contributed by atoms with van der Waals surface area (Å²) in [5.74, 6) is -3.82. The van der Waals surface area contributed by atoms with Gasteiger partial charge in [0.2, 0.25) is 41.4 Å². The molecule has 2 fully saturated rings. The molecule has 294 valence electrons. The van der Waals surface area contributed by atoms with E-state index in [2.05, 4.69) is 26.3 Å². The van der Waals surface area contributed by atoms with Crippen LogP contribution in [-0.2, 0) is 33.6 Å². The summed E-state index contributed by atoms with van der Waals surface area (Å²) in [4.78, 5) is 99.1. The van der Waals surface area contributed by atoms with Crippen molar-refractivity contribution in [1.82, 2.24) is 31.1 Å². The monoisotopic (exact) mass is 735 g/mol. The predicted octanol–water partition coefficient (Wildman–Crippen LogP) is -2.09. The Morgan fingerprint density at radius 3 is 1.65 bits per heavy atom. The van der Waals surface area contributed by atoms with E-state index in [0.29, 0.717) is 45.1 Å². The van der Waals surface area contributed by atoms with Crippen LogP contribution in [0.25, 0.3) is 0 Å². The van der Waals surface area contributed by atoms with E-state index >= 15 is 0 Å². The number of amides is 7. The fourth-order valence-electron chi connectivity index (χ4n) is 6.45. The summed E-state index contributed by atoms with van der Waals surface area (Å²) in [6.45, 7) is 11.4. The molecule has 0 radical (unpaired) electrons. The van der Waals surface area contributed by atoms with E-state index in [0.717, 1.165) is 0 Å². The summed E-state index contributed by atoms with van der Waals surface area (Å²) in [7, 11) is 0. The molecule has 52 heavy (non-hydrogen) atoms. The lowest BCUT2D eigenvalue weighted by Gasteiger charge is -2.32. The number of nitrogens with zero attached hydrogens (tertiary/aromatic N) is 3. The van der Waals surface area contributed by atoms with E-state index in [4.69, 9.17) is 22.9 Å². The summed E-state index contributed by atoms with van der Waals surface area (Å²) in [5.41, 5.74) is 22.0. The third-order valence-electron chi connectivity index (χ3n) is 9.09. The molecule has 0 bridgehead atoms. The van der Waals surface area contributed by atoms with Crippen LogP contribution in [0.1, 0.15) is 92.9 Å². The minimum absolute atomic E-state index is 0.0127. The van der Waals surface area contributed by atoms with E-state index in [9.17, 15) is 33.6 Å². The van der Waals surface area contributed by atoms with Gasteiger partial charge in [0.15, 0.2) is 5.96 Å². The topological polar surface area (TPSA) is 291 Å². The van der Waals surface area contributed by atoms with Gasteiger partial charge in [0, 0.05) is 19.6 Å². The molecule has 0 aromatic heterocycles. The number of hydrogen-bond donors (Lipinski definition) is 8. The maximum Gasteiger partial charge on any atom is 0.245 e. The van der Waals surface area contributed by atoms with Gasteiger partial charge in [-0.15, -0.1) is 0 Å². The first kappa shape index (κ1) is 43.7. The van der Waals surface area contributed by atoms with Crippen molar-refractivity contribution in [1.29, 1.82) is 0 Å². The van der Waals surface area contributed by atoms with E-state index in [1.165, 1.54) is 23.6 Å². The van der Waals surface area contributed by atoms with Gasteiger partial charge < -0.3 is 54.0 Å². The van der Waals surface area contributed by atoms with Gasteiger partial charge in [-0.05, 0) is 77.0 Å². The van der Waals surface area contributed by atoms with Crippen LogP contribution in [0, 0.1) is 11.8 Å². The van der Waals surface area contributed by atoms with Gasteiger partial charge in [-0.3, -0.25) is 38.6 Å². The van der Waals surface area contributed by atoms with Crippen LogP contribution in [0.15, 0.2) is 4.99 Å². The van der Waals surface area contributed by atoms with Crippen molar-refractivity contribution in [3.63, 3.8) is 0 Å². The van der Waals surface area contributed by atoms with Crippen molar-refractivity contribution in [2.45, 2.75) is 135 Å². The summed E-state index contributed by atoms with van der Waals surface area (Å²) < 4.78 is 0. The van der Waals surface area contributed by atoms with Gasteiger partial charge >= 0.3 is 0 Å². The lowest BCUT2D eigenvalue weighted by atomic mass is 10.0. The number of hydrogen-bond acceptors (Lipinski definition) is 9. The Kier molecular flexibility index (Phi) is 17.2. The molecular formula is C34H61N11O7. The highest BCUT2D eigenvalue weighted by Crippen LogP contribution is 2.23. The fraction of sp³-hybridized carbons (Fsp3) is 0.765. The molecule has 0 unspecified atom stereocenters. The second-order valence-corrected chi connectivity index (χ2v) is 14.7. The molecule has 2 rings (SSSR count). The maximum absolute atomic E-state index is 14.1. The Balaban J connectivity index is 2.23. The van der Waals surface area contributed by atoms with Crippen molar-refractivity contribution in [2.24, 2.45) is 39.8 Å². The smallest absolute Gasteiger partial charge is 0.245 e. The lowest BCUT2D eigenvalue weighted by Crippen LogP contribution is -2.59. The number of rotatable bonds is 19. The van der Waals surface area contributed by atoms with Crippen LogP contribution in [-0.4, -0.2) is 119 Å². The maximum atomic E-state index is 14.1. The Morgan fingerprint density at radius 2 is 1.17 bits per heavy atom. The molecule has 2 saturated heterocycles. The van der Waals surface area contributed by atoms with Crippen molar-refractivity contribution in [3.05, 3.63) is 0 Å². The molecular weight excluding hydrogens is 674 g/mol. The molecule has 12 N–H and O–H groups in total. The summed E-state index contributed by atoms with van der Waals surface area (Å²) >= 11 is 0. The molecule has 7 amide bonds. The quantitative estimate of drug-likeness (QED) is 0.0406.